The second kappa shape index (κ2) is 7.83. The minimum absolute atomic E-state index is 0.0121. The highest BCUT2D eigenvalue weighted by Crippen LogP contribution is 2.44. The van der Waals surface area contributed by atoms with Gasteiger partial charge in [-0.25, -0.2) is 0 Å². The van der Waals surface area contributed by atoms with Gasteiger partial charge in [0.15, 0.2) is 5.11 Å². The van der Waals surface area contributed by atoms with Gasteiger partial charge in [-0.1, -0.05) is 25.1 Å². The summed E-state index contributed by atoms with van der Waals surface area (Å²) in [5.41, 5.74) is 7.06. The topological polar surface area (TPSA) is 44.0 Å². The SMILES string of the molecule is CCc1ccc(N2C(=S)N[C@H](c3ccccn3)[C@@H]2c2c(C)[nH]c(C)c2I)cc1. The Kier molecular flexibility index (Phi) is 5.42. The highest BCUT2D eigenvalue weighted by Gasteiger charge is 2.42. The smallest absolute Gasteiger partial charge is 0.174 e. The highest BCUT2D eigenvalue weighted by molar-refractivity contribution is 14.1. The van der Waals surface area contributed by atoms with E-state index < -0.39 is 0 Å². The minimum atomic E-state index is -0.0121. The summed E-state index contributed by atoms with van der Waals surface area (Å²) in [6, 6.07) is 14.8. The van der Waals surface area contributed by atoms with Crippen molar-refractivity contribution in [3.05, 3.63) is 80.4 Å². The summed E-state index contributed by atoms with van der Waals surface area (Å²) in [6.45, 7) is 6.43. The Labute approximate surface area is 184 Å². The van der Waals surface area contributed by atoms with Crippen LogP contribution in [0.5, 0.6) is 0 Å². The maximum atomic E-state index is 5.81. The molecule has 0 radical (unpaired) electrons. The molecule has 0 unspecified atom stereocenters. The molecule has 1 saturated heterocycles. The number of rotatable bonds is 4. The van der Waals surface area contributed by atoms with Crippen LogP contribution in [0.15, 0.2) is 48.7 Å². The largest absolute Gasteiger partial charge is 0.362 e. The lowest BCUT2D eigenvalue weighted by molar-refractivity contribution is 0.564. The third kappa shape index (κ3) is 3.33. The van der Waals surface area contributed by atoms with E-state index in [1.54, 1.807) is 0 Å². The van der Waals surface area contributed by atoms with Crippen molar-refractivity contribution >= 4 is 45.6 Å². The molecular weight excluding hydrogens is 479 g/mol. The van der Waals surface area contributed by atoms with Gasteiger partial charge < -0.3 is 15.2 Å². The zero-order valence-electron chi connectivity index (χ0n) is 16.2. The average molecular weight is 502 g/mol. The Balaban J connectivity index is 1.87. The predicted octanol–water partition coefficient (Wildman–Crippen LogP) is 5.37. The first-order valence-electron chi connectivity index (χ1n) is 9.45. The molecule has 0 amide bonds. The molecule has 0 saturated carbocycles. The van der Waals surface area contributed by atoms with Crippen molar-refractivity contribution in [3.63, 3.8) is 0 Å². The molecule has 1 aromatic carbocycles. The van der Waals surface area contributed by atoms with Gasteiger partial charge in [0.1, 0.15) is 0 Å². The molecule has 2 N–H and O–H groups in total. The maximum Gasteiger partial charge on any atom is 0.174 e. The molecule has 0 bridgehead atoms. The number of hydrogen-bond acceptors (Lipinski definition) is 2. The standard InChI is InChI=1S/C22H23IN4S/c1-4-15-8-10-16(11-9-15)27-21(18-13(2)25-14(3)19(18)23)20(26-22(27)28)17-7-5-6-12-24-17/h5-12,20-21,25H,4H2,1-3H3,(H,26,28)/t20-,21+/m1/s1. The van der Waals surface area contributed by atoms with E-state index in [4.69, 9.17) is 12.2 Å². The van der Waals surface area contributed by atoms with Gasteiger partial charge in [0.2, 0.25) is 0 Å². The van der Waals surface area contributed by atoms with Gasteiger partial charge in [-0.3, -0.25) is 4.98 Å². The summed E-state index contributed by atoms with van der Waals surface area (Å²) in [5, 5.41) is 4.27. The van der Waals surface area contributed by atoms with Crippen molar-refractivity contribution in [2.45, 2.75) is 39.3 Å². The number of anilines is 1. The molecule has 2 aromatic heterocycles. The van der Waals surface area contributed by atoms with Crippen LogP contribution in [-0.4, -0.2) is 15.1 Å². The van der Waals surface area contributed by atoms with E-state index in [0.717, 1.165) is 22.9 Å². The van der Waals surface area contributed by atoms with E-state index in [1.807, 2.05) is 18.3 Å². The summed E-state index contributed by atoms with van der Waals surface area (Å²) < 4.78 is 1.25. The van der Waals surface area contributed by atoms with Crippen molar-refractivity contribution in [3.8, 4) is 0 Å². The Morgan fingerprint density at radius 1 is 1.11 bits per heavy atom. The van der Waals surface area contributed by atoms with Gasteiger partial charge in [-0.05, 0) is 84.9 Å². The first-order chi connectivity index (χ1) is 13.5. The fourth-order valence-electron chi connectivity index (χ4n) is 3.94. The van der Waals surface area contributed by atoms with Crippen molar-refractivity contribution < 1.29 is 0 Å². The second-order valence-corrected chi connectivity index (χ2v) is 8.58. The molecule has 1 aliphatic rings. The molecule has 6 heteroatoms. The minimum Gasteiger partial charge on any atom is -0.362 e. The monoisotopic (exact) mass is 502 g/mol. The van der Waals surface area contributed by atoms with Crippen LogP contribution in [0.2, 0.25) is 0 Å². The molecular formula is C22H23IN4S. The molecule has 3 aromatic rings. The summed E-state index contributed by atoms with van der Waals surface area (Å²) >= 11 is 8.25. The van der Waals surface area contributed by atoms with Crippen LogP contribution in [0, 0.1) is 17.4 Å². The number of aromatic amines is 1. The zero-order chi connectivity index (χ0) is 19.8. The fourth-order valence-corrected chi connectivity index (χ4v) is 5.14. The number of aryl methyl sites for hydroxylation is 3. The molecule has 0 aliphatic carbocycles. The van der Waals surface area contributed by atoms with Crippen molar-refractivity contribution in [1.29, 1.82) is 0 Å². The molecule has 1 aliphatic heterocycles. The van der Waals surface area contributed by atoms with Gasteiger partial charge in [-0.15, -0.1) is 0 Å². The van der Waals surface area contributed by atoms with E-state index >= 15 is 0 Å². The summed E-state index contributed by atoms with van der Waals surface area (Å²) in [5.74, 6) is 0. The molecule has 4 rings (SSSR count). The van der Waals surface area contributed by atoms with Crippen LogP contribution in [0.25, 0.3) is 0 Å². The third-order valence-electron chi connectivity index (χ3n) is 5.36. The van der Waals surface area contributed by atoms with E-state index in [1.165, 1.54) is 26.1 Å². The van der Waals surface area contributed by atoms with Crippen molar-refractivity contribution in [2.75, 3.05) is 4.90 Å². The number of nitrogens with one attached hydrogen (secondary N) is 2. The lowest BCUT2D eigenvalue weighted by Crippen LogP contribution is -2.29. The molecule has 0 spiro atoms. The second-order valence-electron chi connectivity index (χ2n) is 7.12. The summed E-state index contributed by atoms with van der Waals surface area (Å²) in [6.07, 6.45) is 2.87. The van der Waals surface area contributed by atoms with Crippen molar-refractivity contribution in [1.82, 2.24) is 15.3 Å². The molecule has 2 atom stereocenters. The van der Waals surface area contributed by atoms with Crippen molar-refractivity contribution in [2.24, 2.45) is 0 Å². The Bertz CT molecular complexity index is 997. The van der Waals surface area contributed by atoms with Gasteiger partial charge in [-0.2, -0.15) is 0 Å². The number of H-pyrrole nitrogens is 1. The van der Waals surface area contributed by atoms with E-state index in [0.29, 0.717) is 0 Å². The normalized spacial score (nSPS) is 19.1. The van der Waals surface area contributed by atoms with Crippen LogP contribution < -0.4 is 10.2 Å². The molecule has 4 nitrogen and oxygen atoms in total. The fraction of sp³-hybridized carbons (Fsp3) is 0.273. The number of pyridine rings is 1. The molecule has 3 heterocycles. The number of nitrogens with zero attached hydrogens (tertiary/aromatic N) is 2. The number of halogens is 1. The first-order valence-corrected chi connectivity index (χ1v) is 10.9. The van der Waals surface area contributed by atoms with Gasteiger partial charge in [0.05, 0.1) is 17.8 Å². The van der Waals surface area contributed by atoms with Gasteiger partial charge in [0, 0.05) is 32.4 Å². The number of benzene rings is 1. The van der Waals surface area contributed by atoms with Crippen LogP contribution >= 0.6 is 34.8 Å². The number of hydrogen-bond donors (Lipinski definition) is 2. The predicted molar refractivity (Wildman–Crippen MR) is 127 cm³/mol. The van der Waals surface area contributed by atoms with Crippen LogP contribution in [0.3, 0.4) is 0 Å². The number of aromatic nitrogens is 2. The van der Waals surface area contributed by atoms with Gasteiger partial charge >= 0.3 is 0 Å². The van der Waals surface area contributed by atoms with Crippen LogP contribution in [0.1, 0.15) is 47.2 Å². The Morgan fingerprint density at radius 3 is 2.43 bits per heavy atom. The van der Waals surface area contributed by atoms with Crippen LogP contribution in [-0.2, 0) is 6.42 Å². The highest BCUT2D eigenvalue weighted by atomic mass is 127. The molecule has 144 valence electrons. The van der Waals surface area contributed by atoms with E-state index in [-0.39, 0.29) is 12.1 Å². The van der Waals surface area contributed by atoms with E-state index in [9.17, 15) is 0 Å². The lowest BCUT2D eigenvalue weighted by atomic mass is 9.96. The summed E-state index contributed by atoms with van der Waals surface area (Å²) in [7, 11) is 0. The zero-order valence-corrected chi connectivity index (χ0v) is 19.1. The quantitative estimate of drug-likeness (QED) is 0.372. The Morgan fingerprint density at radius 2 is 1.86 bits per heavy atom. The first kappa shape index (κ1) is 19.4. The molecule has 1 fully saturated rings. The average Bonchev–Trinajstić information content (AvgIpc) is 3.17. The third-order valence-corrected chi connectivity index (χ3v) is 7.07. The number of thiocarbonyl (C=S) groups is 1. The molecule has 28 heavy (non-hydrogen) atoms. The lowest BCUT2D eigenvalue weighted by Gasteiger charge is -2.28. The van der Waals surface area contributed by atoms with Gasteiger partial charge in [0.25, 0.3) is 0 Å². The maximum absolute atomic E-state index is 5.81. The Hall–Kier alpha value is -1.93. The van der Waals surface area contributed by atoms with Crippen LogP contribution in [0.4, 0.5) is 5.69 Å². The summed E-state index contributed by atoms with van der Waals surface area (Å²) in [4.78, 5) is 10.4. The van der Waals surface area contributed by atoms with E-state index in [2.05, 4.69) is 93.9 Å².